The van der Waals surface area contributed by atoms with Crippen LogP contribution < -0.4 is 5.32 Å². The first-order valence-electron chi connectivity index (χ1n) is 8.18. The van der Waals surface area contributed by atoms with Crippen molar-refractivity contribution in [2.45, 2.75) is 31.8 Å². The molecule has 2 aliphatic rings. The van der Waals surface area contributed by atoms with Gasteiger partial charge in [-0.2, -0.15) is 0 Å². The first-order valence-corrected chi connectivity index (χ1v) is 8.97. The van der Waals surface area contributed by atoms with Gasteiger partial charge < -0.3 is 15.1 Å². The Hall–Kier alpha value is -2.19. The molecular formula is C17H19ClN4O3S. The highest BCUT2D eigenvalue weighted by molar-refractivity contribution is 7.80. The second kappa shape index (κ2) is 6.85. The number of likely N-dealkylation sites (N-methyl/N-ethyl adjacent to an activating group) is 1. The first-order chi connectivity index (χ1) is 12.2. The van der Waals surface area contributed by atoms with Crippen LogP contribution in [0.3, 0.4) is 0 Å². The molecule has 1 heterocycles. The predicted octanol–water partition coefficient (Wildman–Crippen LogP) is 3.00. The van der Waals surface area contributed by atoms with Crippen molar-refractivity contribution in [3.05, 3.63) is 50.2 Å². The van der Waals surface area contributed by atoms with E-state index < -0.39 is 11.0 Å². The summed E-state index contributed by atoms with van der Waals surface area (Å²) < 4.78 is 0. The summed E-state index contributed by atoms with van der Waals surface area (Å²) in [5, 5.41) is 15.0. The topological polar surface area (TPSA) is 78.7 Å². The quantitative estimate of drug-likeness (QED) is 0.480. The lowest BCUT2D eigenvalue weighted by Crippen LogP contribution is -2.49. The molecule has 1 N–H and O–H groups in total. The number of amides is 1. The van der Waals surface area contributed by atoms with E-state index in [2.05, 4.69) is 5.32 Å². The van der Waals surface area contributed by atoms with Crippen LogP contribution in [0, 0.1) is 10.1 Å². The summed E-state index contributed by atoms with van der Waals surface area (Å²) in [7, 11) is 3.36. The molecule has 3 rings (SSSR count). The lowest BCUT2D eigenvalue weighted by molar-refractivity contribution is -0.384. The highest BCUT2D eigenvalue weighted by Crippen LogP contribution is 2.39. The first kappa shape index (κ1) is 18.6. The number of benzene rings is 1. The van der Waals surface area contributed by atoms with Crippen molar-refractivity contribution in [2.24, 2.45) is 0 Å². The van der Waals surface area contributed by atoms with Gasteiger partial charge in [0.25, 0.3) is 11.6 Å². The van der Waals surface area contributed by atoms with Gasteiger partial charge in [-0.3, -0.25) is 14.9 Å². The van der Waals surface area contributed by atoms with E-state index in [1.165, 1.54) is 17.0 Å². The van der Waals surface area contributed by atoms with E-state index in [1.54, 1.807) is 20.2 Å². The Kier molecular flexibility index (Phi) is 4.90. The number of nitrogens with zero attached hydrogens (tertiary/aromatic N) is 3. The molecule has 0 bridgehead atoms. The third-order valence-corrected chi connectivity index (χ3v) is 5.21. The molecule has 1 aromatic carbocycles. The van der Waals surface area contributed by atoms with Crippen LogP contribution in [0.25, 0.3) is 0 Å². The summed E-state index contributed by atoms with van der Waals surface area (Å²) in [4.78, 5) is 27.1. The van der Waals surface area contributed by atoms with Crippen LogP contribution >= 0.6 is 23.8 Å². The number of hydrogen-bond acceptors (Lipinski definition) is 4. The Morgan fingerprint density at radius 2 is 2.08 bits per heavy atom. The molecule has 1 aliphatic heterocycles. The molecule has 0 saturated heterocycles. The van der Waals surface area contributed by atoms with Crippen molar-refractivity contribution in [1.29, 1.82) is 0 Å². The monoisotopic (exact) mass is 394 g/mol. The molecule has 1 aromatic rings. The molecule has 1 atom stereocenters. The highest BCUT2D eigenvalue weighted by Gasteiger charge is 2.41. The average Bonchev–Trinajstić information content (AvgIpc) is 3.38. The summed E-state index contributed by atoms with van der Waals surface area (Å²) in [6, 6.07) is 4.29. The third kappa shape index (κ3) is 3.26. The lowest BCUT2D eigenvalue weighted by atomic mass is 9.93. The van der Waals surface area contributed by atoms with Crippen molar-refractivity contribution in [3.8, 4) is 0 Å². The predicted molar refractivity (Wildman–Crippen MR) is 103 cm³/mol. The van der Waals surface area contributed by atoms with E-state index in [9.17, 15) is 14.9 Å². The van der Waals surface area contributed by atoms with Crippen LogP contribution in [0.2, 0.25) is 5.02 Å². The number of carbonyl (C=O) groups excluding carboxylic acids is 1. The molecule has 138 valence electrons. The molecular weight excluding hydrogens is 376 g/mol. The number of carbonyl (C=O) groups is 1. The van der Waals surface area contributed by atoms with E-state index in [4.69, 9.17) is 23.8 Å². The van der Waals surface area contributed by atoms with Crippen LogP contribution in [0.5, 0.6) is 0 Å². The van der Waals surface area contributed by atoms with E-state index in [1.807, 2.05) is 11.8 Å². The number of rotatable bonds is 4. The zero-order chi connectivity index (χ0) is 19.2. The zero-order valence-electron chi connectivity index (χ0n) is 14.7. The molecule has 1 fully saturated rings. The van der Waals surface area contributed by atoms with Gasteiger partial charge in [-0.25, -0.2) is 0 Å². The van der Waals surface area contributed by atoms with Crippen molar-refractivity contribution in [2.75, 3.05) is 14.1 Å². The summed E-state index contributed by atoms with van der Waals surface area (Å²) >= 11 is 11.4. The van der Waals surface area contributed by atoms with Crippen LogP contribution in [-0.4, -0.2) is 45.9 Å². The molecule has 9 heteroatoms. The van der Waals surface area contributed by atoms with Crippen LogP contribution in [-0.2, 0) is 4.79 Å². The summed E-state index contributed by atoms with van der Waals surface area (Å²) in [5.74, 6) is -0.161. The third-order valence-electron chi connectivity index (χ3n) is 4.58. The number of hydrogen-bond donors (Lipinski definition) is 1. The van der Waals surface area contributed by atoms with Crippen molar-refractivity contribution < 1.29 is 9.72 Å². The lowest BCUT2D eigenvalue weighted by Gasteiger charge is -2.38. The fourth-order valence-electron chi connectivity index (χ4n) is 3.15. The Morgan fingerprint density at radius 3 is 2.62 bits per heavy atom. The van der Waals surface area contributed by atoms with Crippen molar-refractivity contribution in [3.63, 3.8) is 0 Å². The standard InChI is InChI=1S/C17H19ClN4O3S/c1-9-14(16(23)20(2)3)15(19-17(26)21(9)11-5-6-11)10-4-7-12(18)13(8-10)22(24)25/h4,7-8,11,15H,5-6H2,1-3H3,(H,19,26). The van der Waals surface area contributed by atoms with Gasteiger partial charge in [-0.15, -0.1) is 0 Å². The maximum atomic E-state index is 12.9. The average molecular weight is 395 g/mol. The van der Waals surface area contributed by atoms with Crippen molar-refractivity contribution >= 4 is 40.5 Å². The molecule has 7 nitrogen and oxygen atoms in total. The summed E-state index contributed by atoms with van der Waals surface area (Å²) in [5.41, 5.74) is 1.70. The maximum Gasteiger partial charge on any atom is 0.288 e. The largest absolute Gasteiger partial charge is 0.351 e. The zero-order valence-corrected chi connectivity index (χ0v) is 16.2. The van der Waals surface area contributed by atoms with Gasteiger partial charge in [-0.1, -0.05) is 17.7 Å². The van der Waals surface area contributed by atoms with E-state index in [-0.39, 0.29) is 16.6 Å². The van der Waals surface area contributed by atoms with Gasteiger partial charge in [0.05, 0.1) is 16.5 Å². The Bertz CT molecular complexity index is 835. The van der Waals surface area contributed by atoms with E-state index in [0.717, 1.165) is 18.5 Å². The molecule has 0 spiro atoms. The van der Waals surface area contributed by atoms with Crippen LogP contribution in [0.1, 0.15) is 31.4 Å². The summed E-state index contributed by atoms with van der Waals surface area (Å²) in [6.45, 7) is 1.87. The smallest absolute Gasteiger partial charge is 0.288 e. The van der Waals surface area contributed by atoms with E-state index >= 15 is 0 Å². The molecule has 1 unspecified atom stereocenters. The second-order valence-electron chi connectivity index (χ2n) is 6.65. The minimum Gasteiger partial charge on any atom is -0.351 e. The molecule has 26 heavy (non-hydrogen) atoms. The Balaban J connectivity index is 2.12. The minimum absolute atomic E-state index is 0.0536. The van der Waals surface area contributed by atoms with E-state index in [0.29, 0.717) is 22.3 Å². The maximum absolute atomic E-state index is 12.9. The molecule has 1 aliphatic carbocycles. The van der Waals surface area contributed by atoms with Gasteiger partial charge in [0.1, 0.15) is 5.02 Å². The minimum atomic E-state index is -0.566. The normalized spacial score (nSPS) is 20.1. The van der Waals surface area contributed by atoms with Gasteiger partial charge in [0, 0.05) is 31.9 Å². The number of nitro benzene ring substituents is 1. The highest BCUT2D eigenvalue weighted by atomic mass is 35.5. The number of allylic oxidation sites excluding steroid dienone is 1. The van der Waals surface area contributed by atoms with Crippen LogP contribution in [0.4, 0.5) is 5.69 Å². The Morgan fingerprint density at radius 1 is 1.42 bits per heavy atom. The van der Waals surface area contributed by atoms with Gasteiger partial charge >= 0.3 is 0 Å². The number of thiocarbonyl (C=S) groups is 1. The number of nitrogens with one attached hydrogen (secondary N) is 1. The molecule has 1 amide bonds. The Labute approximate surface area is 161 Å². The molecule has 0 aromatic heterocycles. The van der Waals surface area contributed by atoms with Crippen molar-refractivity contribution in [1.82, 2.24) is 15.1 Å². The van der Waals surface area contributed by atoms with Gasteiger partial charge in [0.2, 0.25) is 0 Å². The van der Waals surface area contributed by atoms with Crippen LogP contribution in [0.15, 0.2) is 29.5 Å². The molecule has 1 saturated carbocycles. The SMILES string of the molecule is CC1=C(C(=O)N(C)C)C(c2ccc(Cl)c([N+](=O)[O-])c2)NC(=S)N1C1CC1. The second-order valence-corrected chi connectivity index (χ2v) is 7.44. The van der Waals surface area contributed by atoms with Gasteiger partial charge in [-0.05, 0) is 43.6 Å². The van der Waals surface area contributed by atoms with Gasteiger partial charge in [0.15, 0.2) is 5.11 Å². The molecule has 0 radical (unpaired) electrons. The summed E-state index contributed by atoms with van der Waals surface area (Å²) in [6.07, 6.45) is 2.05. The number of nitro groups is 1. The number of halogens is 1. The fraction of sp³-hybridized carbons (Fsp3) is 0.412. The fourth-order valence-corrected chi connectivity index (χ4v) is 3.74.